The molecule has 0 aromatic heterocycles. The van der Waals surface area contributed by atoms with E-state index in [9.17, 15) is 19.5 Å². The molecule has 2 fully saturated rings. The van der Waals surface area contributed by atoms with E-state index in [0.29, 0.717) is 0 Å². The van der Waals surface area contributed by atoms with Crippen molar-refractivity contribution in [2.75, 3.05) is 34.5 Å². The number of aliphatic hydroxyl groups is 1. The summed E-state index contributed by atoms with van der Waals surface area (Å²) >= 11 is 0. The lowest BCUT2D eigenvalue weighted by Crippen LogP contribution is -2.62. The van der Waals surface area contributed by atoms with Gasteiger partial charge in [0.15, 0.2) is 24.8 Å². The van der Waals surface area contributed by atoms with Gasteiger partial charge >= 0.3 is 17.9 Å². The van der Waals surface area contributed by atoms with Crippen LogP contribution in [0.25, 0.3) is 0 Å². The highest BCUT2D eigenvalue weighted by Crippen LogP contribution is 2.34. The Hall–Kier alpha value is -1.87. The Bertz CT molecular complexity index is 721. The molecule has 0 saturated carbocycles. The topological polar surface area (TPSA) is 155 Å². The second-order valence-corrected chi connectivity index (χ2v) is 7.30. The van der Waals surface area contributed by atoms with Crippen LogP contribution in [0.2, 0.25) is 0 Å². The van der Waals surface area contributed by atoms with Crippen molar-refractivity contribution in [2.24, 2.45) is 0 Å². The SMILES string of the molecule is [2H][C@@]1(COC(C)=O)O[C@H](O[C@H]2[C@H](OC)[C@@H](OC)[C@@H](OC)O[C@@H]2CO)[C@@H](OC(C)=O)[C@@H]1OC(C)=O. The molecule has 33 heavy (non-hydrogen) atoms. The van der Waals surface area contributed by atoms with Crippen molar-refractivity contribution in [1.82, 2.24) is 0 Å². The highest BCUT2D eigenvalue weighted by atomic mass is 16.8. The monoisotopic (exact) mass is 481 g/mol. The van der Waals surface area contributed by atoms with Crippen molar-refractivity contribution >= 4 is 17.9 Å². The standard InChI is InChI=1S/C20H32O13/c1-9(22)28-8-13-15(29-10(2)23)18(30-11(3)24)20(32-13)33-14-12(7-21)31-19(27-6)17(26-5)16(14)25-4/h12-21H,7-8H2,1-6H3/t12-,13+,14-,15-,16+,17-,18+,19+,20-/m1/s1/i13D. The number of methoxy groups -OCH3 is 3. The van der Waals surface area contributed by atoms with Gasteiger partial charge in [0.2, 0.25) is 0 Å². The summed E-state index contributed by atoms with van der Waals surface area (Å²) in [4.78, 5) is 34.9. The van der Waals surface area contributed by atoms with E-state index in [0.717, 1.165) is 20.8 Å². The molecule has 2 heterocycles. The van der Waals surface area contributed by atoms with Crippen LogP contribution in [0.3, 0.4) is 0 Å². The number of aliphatic hydroxyl groups excluding tert-OH is 1. The van der Waals surface area contributed by atoms with Crippen LogP contribution in [-0.4, -0.2) is 113 Å². The van der Waals surface area contributed by atoms with Crippen molar-refractivity contribution in [3.05, 3.63) is 0 Å². The van der Waals surface area contributed by atoms with Gasteiger partial charge in [-0.3, -0.25) is 14.4 Å². The summed E-state index contributed by atoms with van der Waals surface area (Å²) in [5, 5.41) is 9.90. The molecule has 0 amide bonds. The molecule has 0 aliphatic carbocycles. The van der Waals surface area contributed by atoms with Crippen molar-refractivity contribution in [2.45, 2.75) is 76.1 Å². The van der Waals surface area contributed by atoms with E-state index in [1.807, 2.05) is 0 Å². The molecule has 0 aromatic carbocycles. The second-order valence-electron chi connectivity index (χ2n) is 7.30. The number of ether oxygens (including phenoxy) is 9. The van der Waals surface area contributed by atoms with Crippen LogP contribution in [-0.2, 0) is 57.0 Å². The Balaban J connectivity index is 2.41. The van der Waals surface area contributed by atoms with Gasteiger partial charge in [0, 0.05) is 42.1 Å². The minimum Gasteiger partial charge on any atom is -0.463 e. The first-order valence-electron chi connectivity index (χ1n) is 10.7. The number of rotatable bonds is 10. The van der Waals surface area contributed by atoms with Gasteiger partial charge in [-0.15, -0.1) is 0 Å². The van der Waals surface area contributed by atoms with Gasteiger partial charge < -0.3 is 47.7 Å². The zero-order chi connectivity index (χ0) is 25.6. The number of carbonyl (C=O) groups excluding carboxylic acids is 3. The minimum absolute atomic E-state index is 0.515. The first-order chi connectivity index (χ1) is 16.0. The van der Waals surface area contributed by atoms with Crippen LogP contribution < -0.4 is 0 Å². The summed E-state index contributed by atoms with van der Waals surface area (Å²) in [7, 11) is 4.18. The molecule has 13 nitrogen and oxygen atoms in total. The maximum atomic E-state index is 11.8. The lowest BCUT2D eigenvalue weighted by Gasteiger charge is -2.45. The van der Waals surface area contributed by atoms with Crippen molar-refractivity contribution < 1.29 is 63.5 Å². The van der Waals surface area contributed by atoms with E-state index in [1.54, 1.807) is 0 Å². The smallest absolute Gasteiger partial charge is 0.303 e. The normalized spacial score (nSPS) is 38.9. The number of carbonyl (C=O) groups is 3. The highest BCUT2D eigenvalue weighted by molar-refractivity contribution is 5.68. The Morgan fingerprint density at radius 1 is 0.788 bits per heavy atom. The van der Waals surface area contributed by atoms with E-state index in [1.165, 1.54) is 21.3 Å². The fourth-order valence-electron chi connectivity index (χ4n) is 3.67. The summed E-state index contributed by atoms with van der Waals surface area (Å²) in [6.45, 7) is 2.17. The van der Waals surface area contributed by atoms with Gasteiger partial charge in [0.1, 0.15) is 37.1 Å². The van der Waals surface area contributed by atoms with Crippen LogP contribution in [0, 0.1) is 0 Å². The molecule has 13 heteroatoms. The summed E-state index contributed by atoms with van der Waals surface area (Å²) in [6, 6.07) is 0. The molecular formula is C20H32O13. The lowest BCUT2D eigenvalue weighted by molar-refractivity contribution is -0.332. The Morgan fingerprint density at radius 2 is 1.39 bits per heavy atom. The molecule has 0 unspecified atom stereocenters. The van der Waals surface area contributed by atoms with E-state index in [4.69, 9.17) is 44.0 Å². The Kier molecular flexibility index (Phi) is 9.79. The maximum Gasteiger partial charge on any atom is 0.303 e. The van der Waals surface area contributed by atoms with Gasteiger partial charge in [-0.2, -0.15) is 0 Å². The first-order valence-corrected chi connectivity index (χ1v) is 10.2. The molecule has 1 N–H and O–H groups in total. The van der Waals surface area contributed by atoms with Crippen molar-refractivity contribution in [3.8, 4) is 0 Å². The fraction of sp³-hybridized carbons (Fsp3) is 0.850. The van der Waals surface area contributed by atoms with Gasteiger partial charge in [0.25, 0.3) is 0 Å². The molecule has 0 aromatic rings. The summed E-state index contributed by atoms with van der Waals surface area (Å²) < 4.78 is 57.7. The van der Waals surface area contributed by atoms with Crippen LogP contribution in [0.15, 0.2) is 0 Å². The van der Waals surface area contributed by atoms with Crippen LogP contribution in [0.5, 0.6) is 0 Å². The third-order valence-electron chi connectivity index (χ3n) is 5.00. The molecule has 2 aliphatic heterocycles. The zero-order valence-electron chi connectivity index (χ0n) is 20.4. The molecular weight excluding hydrogens is 448 g/mol. The first kappa shape index (κ1) is 25.7. The van der Waals surface area contributed by atoms with Crippen molar-refractivity contribution in [3.63, 3.8) is 0 Å². The molecule has 2 rings (SSSR count). The number of esters is 3. The summed E-state index contributed by atoms with van der Waals surface area (Å²) in [5.41, 5.74) is 0. The van der Waals surface area contributed by atoms with E-state index in [-0.39, 0.29) is 0 Å². The van der Waals surface area contributed by atoms with Crippen LogP contribution in [0.4, 0.5) is 0 Å². The van der Waals surface area contributed by atoms with Gasteiger partial charge in [-0.1, -0.05) is 0 Å². The van der Waals surface area contributed by atoms with Gasteiger partial charge in [0.05, 0.1) is 7.98 Å². The maximum absolute atomic E-state index is 11.8. The largest absolute Gasteiger partial charge is 0.463 e. The molecule has 2 saturated heterocycles. The van der Waals surface area contributed by atoms with E-state index in [2.05, 4.69) is 0 Å². The number of hydrogen-bond donors (Lipinski definition) is 1. The predicted molar refractivity (Wildman–Crippen MR) is 106 cm³/mol. The molecule has 0 bridgehead atoms. The Morgan fingerprint density at radius 3 is 1.88 bits per heavy atom. The lowest BCUT2D eigenvalue weighted by atomic mass is 9.98. The molecule has 0 spiro atoms. The Labute approximate surface area is 192 Å². The third-order valence-corrected chi connectivity index (χ3v) is 5.00. The zero-order valence-corrected chi connectivity index (χ0v) is 19.4. The highest BCUT2D eigenvalue weighted by Gasteiger charge is 2.55. The van der Waals surface area contributed by atoms with Gasteiger partial charge in [-0.05, 0) is 0 Å². The van der Waals surface area contributed by atoms with Crippen LogP contribution in [0.1, 0.15) is 22.1 Å². The predicted octanol–water partition coefficient (Wildman–Crippen LogP) is -1.08. The van der Waals surface area contributed by atoms with Crippen molar-refractivity contribution in [1.29, 1.82) is 0 Å². The average molecular weight is 481 g/mol. The molecule has 2 aliphatic rings. The summed E-state index contributed by atoms with van der Waals surface area (Å²) in [5.74, 6) is -2.27. The second kappa shape index (κ2) is 12.6. The molecule has 9 atom stereocenters. The third kappa shape index (κ3) is 6.82. The van der Waals surface area contributed by atoms with Crippen LogP contribution >= 0.6 is 0 Å². The average Bonchev–Trinajstić information content (AvgIpc) is 3.01. The van der Waals surface area contributed by atoms with Gasteiger partial charge in [-0.25, -0.2) is 0 Å². The van der Waals surface area contributed by atoms with E-state index < -0.39 is 86.4 Å². The summed E-state index contributed by atoms with van der Waals surface area (Å²) in [6.07, 6.45) is -11.2. The fourth-order valence-corrected chi connectivity index (χ4v) is 3.67. The molecule has 0 radical (unpaired) electrons. The quantitative estimate of drug-likeness (QED) is 0.297. The van der Waals surface area contributed by atoms with E-state index >= 15 is 0 Å². The number of hydrogen-bond acceptors (Lipinski definition) is 13. The molecule has 190 valence electrons. The minimum atomic E-state index is -2.18.